The lowest BCUT2D eigenvalue weighted by molar-refractivity contribution is -0.678. The summed E-state index contributed by atoms with van der Waals surface area (Å²) < 4.78 is 5.55. The van der Waals surface area contributed by atoms with E-state index in [0.717, 1.165) is 16.9 Å². The van der Waals surface area contributed by atoms with Crippen LogP contribution in [0, 0.1) is 0 Å². The van der Waals surface area contributed by atoms with E-state index in [9.17, 15) is 4.79 Å². The summed E-state index contributed by atoms with van der Waals surface area (Å²) in [6, 6.07) is 23.8. The van der Waals surface area contributed by atoms with E-state index in [4.69, 9.17) is 4.42 Å². The van der Waals surface area contributed by atoms with Gasteiger partial charge in [0.25, 0.3) is 5.91 Å². The summed E-state index contributed by atoms with van der Waals surface area (Å²) in [6.07, 6.45) is 1.66. The van der Waals surface area contributed by atoms with Crippen LogP contribution < -0.4 is 10.6 Å². The molecule has 0 spiro atoms. The predicted octanol–water partition coefficient (Wildman–Crippen LogP) is 2.25. The van der Waals surface area contributed by atoms with Crippen LogP contribution >= 0.6 is 0 Å². The number of nitrogens with two attached hydrogens (primary N) is 1. The van der Waals surface area contributed by atoms with E-state index in [-0.39, 0.29) is 11.9 Å². The molecule has 0 radical (unpaired) electrons. The van der Waals surface area contributed by atoms with Crippen molar-refractivity contribution in [3.05, 3.63) is 95.9 Å². The topological polar surface area (TPSA) is 58.9 Å². The highest BCUT2D eigenvalue weighted by Crippen LogP contribution is 2.18. The Kier molecular flexibility index (Phi) is 5.43. The average Bonchev–Trinajstić information content (AvgIpc) is 3.16. The van der Waals surface area contributed by atoms with Crippen LogP contribution in [0.4, 0.5) is 0 Å². The Hall–Kier alpha value is -2.85. The first-order valence-electron chi connectivity index (χ1n) is 8.05. The molecule has 3 rings (SSSR count). The van der Waals surface area contributed by atoms with Crippen LogP contribution in [0.5, 0.6) is 0 Å². The largest absolute Gasteiger partial charge is 0.463 e. The lowest BCUT2D eigenvalue weighted by atomic mass is 10.0. The Morgan fingerprint density at radius 1 is 0.958 bits per heavy atom. The minimum absolute atomic E-state index is 0.00587. The molecule has 2 aromatic carbocycles. The summed E-state index contributed by atoms with van der Waals surface area (Å²) in [6.45, 7) is 0.886. The smallest absolute Gasteiger partial charge is 0.275 e. The maximum atomic E-state index is 12.1. The van der Waals surface area contributed by atoms with Gasteiger partial charge in [-0.25, -0.2) is 0 Å². The number of hydrogen-bond acceptors (Lipinski definition) is 2. The van der Waals surface area contributed by atoms with Crippen LogP contribution in [0.1, 0.15) is 22.9 Å². The van der Waals surface area contributed by atoms with Gasteiger partial charge in [0.1, 0.15) is 0 Å². The molecular formula is C20H21N2O2+. The zero-order valence-corrected chi connectivity index (χ0v) is 13.4. The summed E-state index contributed by atoms with van der Waals surface area (Å²) in [7, 11) is 0. The van der Waals surface area contributed by atoms with Crippen LogP contribution in [0.2, 0.25) is 0 Å². The molecule has 4 nitrogen and oxygen atoms in total. The van der Waals surface area contributed by atoms with Gasteiger partial charge in [-0.1, -0.05) is 60.7 Å². The second-order valence-electron chi connectivity index (χ2n) is 5.61. The number of benzene rings is 2. The fraction of sp³-hybridized carbons (Fsp3) is 0.150. The summed E-state index contributed by atoms with van der Waals surface area (Å²) >= 11 is 0. The molecule has 0 unspecified atom stereocenters. The summed E-state index contributed by atoms with van der Waals surface area (Å²) in [5.41, 5.74) is 2.21. The molecule has 0 aliphatic carbocycles. The standard InChI is InChI=1S/C20H20N2O2/c23-19(21-14-16-8-3-1-4-9-16)15-22-20(18-12-7-13-24-18)17-10-5-2-6-11-17/h1-13,20,22H,14-15H2,(H,21,23)/p+1/t20-/m1/s1. The molecule has 4 heteroatoms. The Morgan fingerprint density at radius 3 is 2.33 bits per heavy atom. The molecule has 3 N–H and O–H groups in total. The molecule has 0 aliphatic rings. The van der Waals surface area contributed by atoms with E-state index >= 15 is 0 Å². The minimum Gasteiger partial charge on any atom is -0.463 e. The van der Waals surface area contributed by atoms with E-state index in [1.165, 1.54) is 0 Å². The molecule has 0 saturated heterocycles. The molecule has 0 aliphatic heterocycles. The number of furan rings is 1. The highest BCUT2D eigenvalue weighted by atomic mass is 16.3. The van der Waals surface area contributed by atoms with Gasteiger partial charge in [0.2, 0.25) is 0 Å². The van der Waals surface area contributed by atoms with Gasteiger partial charge in [0.05, 0.1) is 6.26 Å². The molecule has 122 valence electrons. The van der Waals surface area contributed by atoms with Crippen molar-refractivity contribution >= 4 is 5.91 Å². The molecule has 3 aromatic rings. The van der Waals surface area contributed by atoms with Gasteiger partial charge in [0.15, 0.2) is 18.3 Å². The highest BCUT2D eigenvalue weighted by Gasteiger charge is 2.21. The number of nitrogens with one attached hydrogen (secondary N) is 1. The number of quaternary nitrogens is 1. The second-order valence-corrected chi connectivity index (χ2v) is 5.61. The summed E-state index contributed by atoms with van der Waals surface area (Å²) in [5.74, 6) is 0.850. The molecule has 1 atom stereocenters. The fourth-order valence-corrected chi connectivity index (χ4v) is 2.64. The van der Waals surface area contributed by atoms with Crippen molar-refractivity contribution in [1.82, 2.24) is 5.32 Å². The van der Waals surface area contributed by atoms with Crippen LogP contribution in [0.3, 0.4) is 0 Å². The van der Waals surface area contributed by atoms with Crippen molar-refractivity contribution in [2.24, 2.45) is 0 Å². The lowest BCUT2D eigenvalue weighted by Crippen LogP contribution is -2.87. The second kappa shape index (κ2) is 8.13. The van der Waals surface area contributed by atoms with Gasteiger partial charge in [-0.15, -0.1) is 0 Å². The van der Waals surface area contributed by atoms with Crippen molar-refractivity contribution in [3.63, 3.8) is 0 Å². The minimum atomic E-state index is -0.0244. The van der Waals surface area contributed by atoms with Crippen molar-refractivity contribution in [3.8, 4) is 0 Å². The highest BCUT2D eigenvalue weighted by molar-refractivity contribution is 5.76. The predicted molar refractivity (Wildman–Crippen MR) is 92.1 cm³/mol. The Bertz CT molecular complexity index is 740. The quantitative estimate of drug-likeness (QED) is 0.701. The molecule has 0 fully saturated rings. The number of carbonyl (C=O) groups is 1. The van der Waals surface area contributed by atoms with E-state index in [1.54, 1.807) is 6.26 Å². The fourth-order valence-electron chi connectivity index (χ4n) is 2.64. The van der Waals surface area contributed by atoms with E-state index in [1.807, 2.05) is 78.1 Å². The van der Waals surface area contributed by atoms with E-state index in [0.29, 0.717) is 13.1 Å². The average molecular weight is 321 g/mol. The van der Waals surface area contributed by atoms with Crippen LogP contribution in [0.25, 0.3) is 0 Å². The molecule has 1 heterocycles. The maximum absolute atomic E-state index is 12.1. The Labute approximate surface area is 141 Å². The molecule has 1 amide bonds. The lowest BCUT2D eigenvalue weighted by Gasteiger charge is -2.14. The number of rotatable bonds is 7. The van der Waals surface area contributed by atoms with Gasteiger partial charge in [0, 0.05) is 12.1 Å². The first-order valence-corrected chi connectivity index (χ1v) is 8.05. The molecule has 24 heavy (non-hydrogen) atoms. The molecular weight excluding hydrogens is 300 g/mol. The van der Waals surface area contributed by atoms with Gasteiger partial charge < -0.3 is 15.1 Å². The van der Waals surface area contributed by atoms with Gasteiger partial charge in [-0.05, 0) is 17.7 Å². The zero-order chi connectivity index (χ0) is 16.6. The summed E-state index contributed by atoms with van der Waals surface area (Å²) in [5, 5.41) is 4.94. The van der Waals surface area contributed by atoms with Gasteiger partial charge in [-0.2, -0.15) is 0 Å². The third-order valence-corrected chi connectivity index (χ3v) is 3.88. The Balaban J connectivity index is 1.59. The van der Waals surface area contributed by atoms with E-state index < -0.39 is 0 Å². The van der Waals surface area contributed by atoms with Gasteiger partial charge >= 0.3 is 0 Å². The van der Waals surface area contributed by atoms with Crippen molar-refractivity contribution in [2.45, 2.75) is 12.6 Å². The molecule has 1 aromatic heterocycles. The van der Waals surface area contributed by atoms with Crippen LogP contribution in [-0.4, -0.2) is 12.5 Å². The van der Waals surface area contributed by atoms with Crippen LogP contribution in [0.15, 0.2) is 83.5 Å². The third kappa shape index (κ3) is 4.33. The Morgan fingerprint density at radius 2 is 1.67 bits per heavy atom. The zero-order valence-electron chi connectivity index (χ0n) is 13.4. The first-order chi connectivity index (χ1) is 11.8. The van der Waals surface area contributed by atoms with Crippen molar-refractivity contribution < 1.29 is 14.5 Å². The SMILES string of the molecule is O=C(C[NH2+][C@H](c1ccccc1)c1ccco1)NCc1ccccc1. The van der Waals surface area contributed by atoms with Crippen molar-refractivity contribution in [2.75, 3.05) is 6.54 Å². The van der Waals surface area contributed by atoms with Crippen LogP contribution in [-0.2, 0) is 11.3 Å². The van der Waals surface area contributed by atoms with Crippen molar-refractivity contribution in [1.29, 1.82) is 0 Å². The number of carbonyl (C=O) groups excluding carboxylic acids is 1. The maximum Gasteiger partial charge on any atom is 0.275 e. The van der Waals surface area contributed by atoms with Gasteiger partial charge in [-0.3, -0.25) is 4.79 Å². The monoisotopic (exact) mass is 321 g/mol. The summed E-state index contributed by atoms with van der Waals surface area (Å²) in [4.78, 5) is 12.1. The number of amides is 1. The normalized spacial score (nSPS) is 11.8. The molecule has 0 saturated carbocycles. The number of hydrogen-bond donors (Lipinski definition) is 2. The van der Waals surface area contributed by atoms with E-state index in [2.05, 4.69) is 5.32 Å². The molecule has 0 bridgehead atoms. The third-order valence-electron chi connectivity index (χ3n) is 3.88. The first kappa shape index (κ1) is 16.0.